The molecule has 2 unspecified atom stereocenters. The van der Waals surface area contributed by atoms with Crippen LogP contribution >= 0.6 is 0 Å². The number of ketones is 1. The van der Waals surface area contributed by atoms with Gasteiger partial charge in [0, 0.05) is 31.0 Å². The molecule has 0 aromatic heterocycles. The van der Waals surface area contributed by atoms with Crippen LogP contribution in [0.3, 0.4) is 0 Å². The van der Waals surface area contributed by atoms with Gasteiger partial charge in [0.25, 0.3) is 0 Å². The van der Waals surface area contributed by atoms with Crippen LogP contribution in [0.4, 0.5) is 0 Å². The molecule has 2 aliphatic heterocycles. The number of nitrogens with zero attached hydrogens (tertiary/aromatic N) is 1. The van der Waals surface area contributed by atoms with Crippen molar-refractivity contribution in [1.82, 2.24) is 4.90 Å². The van der Waals surface area contributed by atoms with Crippen molar-refractivity contribution in [3.8, 4) is 0 Å². The number of carbonyl (C=O) groups excluding carboxylic acids is 1. The molecule has 2 heterocycles. The van der Waals surface area contributed by atoms with Crippen LogP contribution in [0, 0.1) is 11.3 Å². The first-order valence-electron chi connectivity index (χ1n) is 9.25. The summed E-state index contributed by atoms with van der Waals surface area (Å²) in [5, 5.41) is 0. The minimum atomic E-state index is 0.267. The molecule has 126 valence electrons. The second-order valence-electron chi connectivity index (χ2n) is 8.74. The third-order valence-electron chi connectivity index (χ3n) is 5.67. The van der Waals surface area contributed by atoms with Gasteiger partial charge in [-0.25, -0.2) is 0 Å². The Balaban J connectivity index is 1.57. The quantitative estimate of drug-likeness (QED) is 0.776. The van der Waals surface area contributed by atoms with Gasteiger partial charge >= 0.3 is 0 Å². The SMILES string of the molecule is CC(C)(C)CCC(=O)C1CC2CCC(C1)N2Cc1ccccc1. The topological polar surface area (TPSA) is 20.3 Å². The zero-order valence-corrected chi connectivity index (χ0v) is 14.9. The fourth-order valence-electron chi connectivity index (χ4n) is 4.29. The van der Waals surface area contributed by atoms with Crippen LogP contribution < -0.4 is 0 Å². The minimum absolute atomic E-state index is 0.267. The number of piperidine rings is 1. The standard InChI is InChI=1S/C21H31NO/c1-21(2,3)12-11-20(23)17-13-18-9-10-19(14-17)22(18)15-16-7-5-4-6-8-16/h4-8,17-19H,9-15H2,1-3H3. The molecule has 2 saturated heterocycles. The van der Waals surface area contributed by atoms with Crippen LogP contribution in [0.5, 0.6) is 0 Å². The molecule has 1 aromatic carbocycles. The Bertz CT molecular complexity index is 517. The lowest BCUT2D eigenvalue weighted by Crippen LogP contribution is -2.44. The van der Waals surface area contributed by atoms with E-state index in [0.717, 1.165) is 32.2 Å². The summed E-state index contributed by atoms with van der Waals surface area (Å²) in [6.45, 7) is 7.74. The summed E-state index contributed by atoms with van der Waals surface area (Å²) in [6, 6.07) is 12.0. The molecule has 2 atom stereocenters. The molecular formula is C21H31NO. The molecule has 2 fully saturated rings. The molecule has 2 aliphatic rings. The van der Waals surface area contributed by atoms with Crippen molar-refractivity contribution < 1.29 is 4.79 Å². The molecule has 0 amide bonds. The molecule has 1 aromatic rings. The maximum atomic E-state index is 12.6. The van der Waals surface area contributed by atoms with Crippen molar-refractivity contribution in [2.45, 2.75) is 77.9 Å². The fraction of sp³-hybridized carbons (Fsp3) is 0.667. The Morgan fingerprint density at radius 3 is 2.26 bits per heavy atom. The van der Waals surface area contributed by atoms with Gasteiger partial charge in [0.2, 0.25) is 0 Å². The number of benzene rings is 1. The average Bonchev–Trinajstić information content (AvgIpc) is 2.74. The van der Waals surface area contributed by atoms with Gasteiger partial charge in [-0.1, -0.05) is 51.1 Å². The Morgan fingerprint density at radius 1 is 1.09 bits per heavy atom. The maximum absolute atomic E-state index is 12.6. The summed E-state index contributed by atoms with van der Waals surface area (Å²) in [4.78, 5) is 15.3. The second-order valence-corrected chi connectivity index (χ2v) is 8.74. The van der Waals surface area contributed by atoms with E-state index < -0.39 is 0 Å². The molecule has 23 heavy (non-hydrogen) atoms. The lowest BCUT2D eigenvalue weighted by Gasteiger charge is -2.38. The van der Waals surface area contributed by atoms with E-state index in [1.165, 1.54) is 18.4 Å². The molecule has 0 spiro atoms. The highest BCUT2D eigenvalue weighted by Gasteiger charge is 2.42. The lowest BCUT2D eigenvalue weighted by atomic mass is 9.82. The smallest absolute Gasteiger partial charge is 0.136 e. The predicted octanol–water partition coefficient (Wildman–Crippen LogP) is 4.83. The molecular weight excluding hydrogens is 282 g/mol. The Labute approximate surface area is 141 Å². The van der Waals surface area contributed by atoms with Gasteiger partial charge in [0.1, 0.15) is 5.78 Å². The van der Waals surface area contributed by atoms with Crippen molar-refractivity contribution in [2.75, 3.05) is 0 Å². The van der Waals surface area contributed by atoms with Crippen molar-refractivity contribution in [3.63, 3.8) is 0 Å². The minimum Gasteiger partial charge on any atom is -0.299 e. The first-order valence-corrected chi connectivity index (χ1v) is 9.25. The van der Waals surface area contributed by atoms with Gasteiger partial charge in [-0.05, 0) is 43.1 Å². The van der Waals surface area contributed by atoms with Crippen molar-refractivity contribution in [2.24, 2.45) is 11.3 Å². The van der Waals surface area contributed by atoms with E-state index in [2.05, 4.69) is 56.0 Å². The van der Waals surface area contributed by atoms with Crippen LogP contribution in [0.2, 0.25) is 0 Å². The number of rotatable bonds is 5. The Kier molecular flexibility index (Phi) is 4.91. The molecule has 3 rings (SSSR count). The maximum Gasteiger partial charge on any atom is 0.136 e. The lowest BCUT2D eigenvalue weighted by molar-refractivity contribution is -0.125. The highest BCUT2D eigenvalue weighted by molar-refractivity contribution is 5.81. The molecule has 0 N–H and O–H groups in total. The number of hydrogen-bond donors (Lipinski definition) is 0. The van der Waals surface area contributed by atoms with E-state index in [0.29, 0.717) is 23.8 Å². The molecule has 2 nitrogen and oxygen atoms in total. The normalized spacial score (nSPS) is 28.0. The Morgan fingerprint density at radius 2 is 1.70 bits per heavy atom. The van der Waals surface area contributed by atoms with Gasteiger partial charge in [-0.3, -0.25) is 9.69 Å². The van der Waals surface area contributed by atoms with E-state index in [1.54, 1.807) is 0 Å². The van der Waals surface area contributed by atoms with Gasteiger partial charge in [-0.15, -0.1) is 0 Å². The number of carbonyl (C=O) groups is 1. The number of hydrogen-bond acceptors (Lipinski definition) is 2. The molecule has 0 radical (unpaired) electrons. The van der Waals surface area contributed by atoms with Crippen molar-refractivity contribution >= 4 is 5.78 Å². The van der Waals surface area contributed by atoms with E-state index >= 15 is 0 Å². The van der Waals surface area contributed by atoms with Gasteiger partial charge in [0.05, 0.1) is 0 Å². The largest absolute Gasteiger partial charge is 0.299 e. The van der Waals surface area contributed by atoms with E-state index in [4.69, 9.17) is 0 Å². The van der Waals surface area contributed by atoms with Gasteiger partial charge in [0.15, 0.2) is 0 Å². The second kappa shape index (κ2) is 6.76. The summed E-state index contributed by atoms with van der Waals surface area (Å²) in [5.41, 5.74) is 1.67. The van der Waals surface area contributed by atoms with E-state index in [9.17, 15) is 4.79 Å². The van der Waals surface area contributed by atoms with Crippen LogP contribution in [0.25, 0.3) is 0 Å². The van der Waals surface area contributed by atoms with Crippen molar-refractivity contribution in [3.05, 3.63) is 35.9 Å². The first-order chi connectivity index (χ1) is 10.9. The summed E-state index contributed by atoms with van der Waals surface area (Å²) in [6.07, 6.45) is 6.53. The summed E-state index contributed by atoms with van der Waals surface area (Å²) < 4.78 is 0. The first kappa shape index (κ1) is 16.7. The van der Waals surface area contributed by atoms with E-state index in [1.807, 2.05) is 0 Å². The van der Waals surface area contributed by atoms with E-state index in [-0.39, 0.29) is 5.41 Å². The van der Waals surface area contributed by atoms with Crippen LogP contribution in [0.15, 0.2) is 30.3 Å². The van der Waals surface area contributed by atoms with Crippen LogP contribution in [-0.2, 0) is 11.3 Å². The third kappa shape index (κ3) is 4.23. The average molecular weight is 313 g/mol. The molecule has 2 bridgehead atoms. The summed E-state index contributed by atoms with van der Waals surface area (Å²) in [7, 11) is 0. The molecule has 2 heteroatoms. The number of fused-ring (bicyclic) bond motifs is 2. The highest BCUT2D eigenvalue weighted by Crippen LogP contribution is 2.40. The van der Waals surface area contributed by atoms with Crippen LogP contribution in [0.1, 0.15) is 64.9 Å². The summed E-state index contributed by atoms with van der Waals surface area (Å²) >= 11 is 0. The van der Waals surface area contributed by atoms with Gasteiger partial charge in [-0.2, -0.15) is 0 Å². The van der Waals surface area contributed by atoms with Crippen LogP contribution in [-0.4, -0.2) is 22.8 Å². The Hall–Kier alpha value is -1.15. The summed E-state index contributed by atoms with van der Waals surface area (Å²) in [5.74, 6) is 0.845. The fourth-order valence-corrected chi connectivity index (χ4v) is 4.29. The van der Waals surface area contributed by atoms with Crippen molar-refractivity contribution in [1.29, 1.82) is 0 Å². The number of Topliss-reactive ketones (excluding diaryl/α,β-unsaturated/α-hetero) is 1. The zero-order valence-electron chi connectivity index (χ0n) is 14.9. The zero-order chi connectivity index (χ0) is 16.4. The molecule has 0 aliphatic carbocycles. The highest BCUT2D eigenvalue weighted by atomic mass is 16.1. The molecule has 0 saturated carbocycles. The predicted molar refractivity (Wildman–Crippen MR) is 95.2 cm³/mol. The third-order valence-corrected chi connectivity index (χ3v) is 5.67. The monoisotopic (exact) mass is 313 g/mol. The van der Waals surface area contributed by atoms with Gasteiger partial charge < -0.3 is 0 Å².